The summed E-state index contributed by atoms with van der Waals surface area (Å²) in [5, 5.41) is 39.0. The molecular formula is C9H11N5O6. The number of hydrogen-bond acceptors (Lipinski definition) is 10. The highest BCUT2D eigenvalue weighted by atomic mass is 16.6. The van der Waals surface area contributed by atoms with E-state index >= 15 is 0 Å². The molecule has 0 amide bonds. The van der Waals surface area contributed by atoms with Crippen molar-refractivity contribution in [3.05, 3.63) is 16.4 Å². The van der Waals surface area contributed by atoms with Crippen molar-refractivity contribution in [3.63, 3.8) is 0 Å². The number of nitrogens with zero attached hydrogens (tertiary/aromatic N) is 4. The van der Waals surface area contributed by atoms with E-state index in [1.165, 1.54) is 0 Å². The molecule has 0 saturated carbocycles. The Balaban J connectivity index is 2.42. The van der Waals surface area contributed by atoms with Crippen molar-refractivity contribution in [1.29, 1.82) is 0 Å². The van der Waals surface area contributed by atoms with Gasteiger partial charge in [-0.15, -0.1) is 0 Å². The quantitative estimate of drug-likeness (QED) is 0.365. The molecule has 0 aliphatic carbocycles. The minimum absolute atomic E-state index is 0.391. The van der Waals surface area contributed by atoms with E-state index in [1.807, 2.05) is 0 Å². The molecule has 0 spiro atoms. The van der Waals surface area contributed by atoms with E-state index in [9.17, 15) is 20.3 Å². The molecule has 3 atom stereocenters. The Labute approximate surface area is 111 Å². The van der Waals surface area contributed by atoms with Crippen LogP contribution in [0.1, 0.15) is 0 Å². The first kappa shape index (κ1) is 14.0. The Hall–Kier alpha value is -2.37. The van der Waals surface area contributed by atoms with Gasteiger partial charge in [-0.2, -0.15) is 4.99 Å². The van der Waals surface area contributed by atoms with Crippen LogP contribution >= 0.6 is 0 Å². The molecule has 1 unspecified atom stereocenters. The van der Waals surface area contributed by atoms with Crippen molar-refractivity contribution >= 4 is 23.2 Å². The van der Waals surface area contributed by atoms with E-state index in [0.717, 1.165) is 6.33 Å². The molecule has 1 aliphatic heterocycles. The molecule has 1 aromatic rings. The van der Waals surface area contributed by atoms with E-state index in [0.29, 0.717) is 0 Å². The van der Waals surface area contributed by atoms with Crippen molar-refractivity contribution in [1.82, 2.24) is 9.97 Å². The van der Waals surface area contributed by atoms with Gasteiger partial charge in [0.25, 0.3) is 0 Å². The zero-order valence-electron chi connectivity index (χ0n) is 9.95. The van der Waals surface area contributed by atoms with Gasteiger partial charge in [-0.1, -0.05) is 0 Å². The number of anilines is 1. The molecule has 108 valence electrons. The summed E-state index contributed by atoms with van der Waals surface area (Å²) in [6, 6.07) is 0. The monoisotopic (exact) mass is 285 g/mol. The summed E-state index contributed by atoms with van der Waals surface area (Å²) in [5.74, 6) is -1.20. The van der Waals surface area contributed by atoms with Crippen LogP contribution in [0.4, 0.5) is 17.3 Å². The molecule has 0 bridgehead atoms. The molecule has 1 aliphatic rings. The number of aromatic nitrogens is 2. The molecule has 2 rings (SSSR count). The molecule has 11 nitrogen and oxygen atoms in total. The van der Waals surface area contributed by atoms with E-state index in [-0.39, 0.29) is 0 Å². The molecule has 5 N–H and O–H groups in total. The standard InChI is InChI=1S/C9H11N5O6/c10-7-4(14(18)19)8(12-2-11-7)13-9-6(17)5(16)3(1-15)20-9/h2-3,5-6,15-17H,1H2,(H2,10,11,12)/t3-,5-,6?/m1/s1. The smallest absolute Gasteiger partial charge is 0.355 e. The summed E-state index contributed by atoms with van der Waals surface area (Å²) in [6.45, 7) is -0.550. The fourth-order valence-corrected chi connectivity index (χ4v) is 1.63. The number of aliphatic hydroxyl groups excluding tert-OH is 3. The molecule has 0 aromatic carbocycles. The minimum atomic E-state index is -1.53. The number of aliphatic hydroxyl groups is 3. The lowest BCUT2D eigenvalue weighted by molar-refractivity contribution is -0.383. The lowest BCUT2D eigenvalue weighted by atomic mass is 10.1. The number of nitro groups is 1. The largest absolute Gasteiger partial charge is 0.470 e. The second-order valence-electron chi connectivity index (χ2n) is 3.91. The van der Waals surface area contributed by atoms with Gasteiger partial charge in [-0.3, -0.25) is 10.1 Å². The molecule has 0 radical (unpaired) electrons. The van der Waals surface area contributed by atoms with E-state index in [2.05, 4.69) is 15.0 Å². The second kappa shape index (κ2) is 5.32. The first-order chi connectivity index (χ1) is 9.45. The Bertz CT molecular complexity index is 564. The van der Waals surface area contributed by atoms with Crippen LogP contribution in [-0.2, 0) is 4.74 Å². The van der Waals surface area contributed by atoms with Gasteiger partial charge in [0.1, 0.15) is 12.4 Å². The first-order valence-corrected chi connectivity index (χ1v) is 5.42. The average molecular weight is 285 g/mol. The number of rotatable bonds is 3. The Morgan fingerprint density at radius 1 is 1.50 bits per heavy atom. The molecule has 11 heteroatoms. The molecule has 2 heterocycles. The molecule has 1 fully saturated rings. The zero-order valence-corrected chi connectivity index (χ0v) is 9.95. The molecular weight excluding hydrogens is 274 g/mol. The van der Waals surface area contributed by atoms with E-state index in [1.54, 1.807) is 0 Å². The summed E-state index contributed by atoms with van der Waals surface area (Å²) < 4.78 is 4.99. The maximum atomic E-state index is 10.9. The van der Waals surface area contributed by atoms with Gasteiger partial charge in [-0.05, 0) is 0 Å². The highest BCUT2D eigenvalue weighted by molar-refractivity contribution is 5.87. The third-order valence-electron chi connectivity index (χ3n) is 2.64. The summed E-state index contributed by atoms with van der Waals surface area (Å²) in [6.07, 6.45) is -3.02. The van der Waals surface area contributed by atoms with Crippen LogP contribution < -0.4 is 5.73 Å². The molecule has 1 aromatic heterocycles. The van der Waals surface area contributed by atoms with Crippen LogP contribution in [0.25, 0.3) is 0 Å². The Kier molecular flexibility index (Phi) is 3.74. The van der Waals surface area contributed by atoms with Gasteiger partial charge in [0.15, 0.2) is 12.2 Å². The van der Waals surface area contributed by atoms with Gasteiger partial charge in [0.05, 0.1) is 11.5 Å². The normalized spacial score (nSPS) is 27.6. The lowest BCUT2D eigenvalue weighted by Gasteiger charge is -2.08. The maximum Gasteiger partial charge on any atom is 0.355 e. The van der Waals surface area contributed by atoms with Crippen LogP contribution in [0.15, 0.2) is 11.3 Å². The fourth-order valence-electron chi connectivity index (χ4n) is 1.63. The van der Waals surface area contributed by atoms with Gasteiger partial charge in [0, 0.05) is 0 Å². The number of nitrogen functional groups attached to an aromatic ring is 1. The Morgan fingerprint density at radius 2 is 2.20 bits per heavy atom. The van der Waals surface area contributed by atoms with Crippen molar-refractivity contribution < 1.29 is 25.0 Å². The van der Waals surface area contributed by atoms with Gasteiger partial charge in [-0.25, -0.2) is 9.97 Å². The van der Waals surface area contributed by atoms with Gasteiger partial charge >= 0.3 is 5.69 Å². The predicted molar refractivity (Wildman–Crippen MR) is 64.2 cm³/mol. The maximum absolute atomic E-state index is 10.9. The lowest BCUT2D eigenvalue weighted by Crippen LogP contribution is -2.32. The summed E-state index contributed by atoms with van der Waals surface area (Å²) in [7, 11) is 0. The van der Waals surface area contributed by atoms with Gasteiger partial charge < -0.3 is 25.8 Å². The summed E-state index contributed by atoms with van der Waals surface area (Å²) >= 11 is 0. The third kappa shape index (κ3) is 2.36. The number of aliphatic imine (C=N–C) groups is 1. The number of nitrogens with two attached hydrogens (primary N) is 1. The molecule has 20 heavy (non-hydrogen) atoms. The van der Waals surface area contributed by atoms with Crippen molar-refractivity contribution in [2.24, 2.45) is 4.99 Å². The highest BCUT2D eigenvalue weighted by Gasteiger charge is 2.41. The topological polar surface area (TPSA) is 177 Å². The predicted octanol–water partition coefficient (Wildman–Crippen LogP) is -1.89. The SMILES string of the molecule is Nc1ncnc(N=C2O[C@H](CO)[C@@H](O)C2O)c1[N+](=O)[O-]. The first-order valence-electron chi connectivity index (χ1n) is 5.42. The van der Waals surface area contributed by atoms with Crippen LogP contribution in [0.2, 0.25) is 0 Å². The van der Waals surface area contributed by atoms with E-state index in [4.69, 9.17) is 15.6 Å². The average Bonchev–Trinajstić information content (AvgIpc) is 2.66. The number of ether oxygens (including phenoxy) is 1. The highest BCUT2D eigenvalue weighted by Crippen LogP contribution is 2.30. The number of hydrogen-bond donors (Lipinski definition) is 4. The van der Waals surface area contributed by atoms with Crippen LogP contribution in [0.5, 0.6) is 0 Å². The summed E-state index contributed by atoms with van der Waals surface area (Å²) in [4.78, 5) is 20.8. The van der Waals surface area contributed by atoms with Crippen LogP contribution in [0, 0.1) is 10.1 Å². The van der Waals surface area contributed by atoms with Crippen molar-refractivity contribution in [3.8, 4) is 0 Å². The second-order valence-corrected chi connectivity index (χ2v) is 3.91. The van der Waals surface area contributed by atoms with E-state index < -0.39 is 53.1 Å². The van der Waals surface area contributed by atoms with Crippen molar-refractivity contribution in [2.45, 2.75) is 18.3 Å². The fraction of sp³-hybridized carbons (Fsp3) is 0.444. The van der Waals surface area contributed by atoms with Crippen LogP contribution in [-0.4, -0.2) is 61.0 Å². The Morgan fingerprint density at radius 3 is 2.75 bits per heavy atom. The van der Waals surface area contributed by atoms with Crippen molar-refractivity contribution in [2.75, 3.05) is 12.3 Å². The third-order valence-corrected chi connectivity index (χ3v) is 2.64. The molecule has 1 saturated heterocycles. The van der Waals surface area contributed by atoms with Crippen LogP contribution in [0.3, 0.4) is 0 Å². The minimum Gasteiger partial charge on any atom is -0.470 e. The zero-order chi connectivity index (χ0) is 14.9. The summed E-state index contributed by atoms with van der Waals surface area (Å²) in [5.41, 5.74) is 4.72. The van der Waals surface area contributed by atoms with Gasteiger partial charge in [0.2, 0.25) is 17.5 Å².